The molecule has 0 rings (SSSR count). The zero-order chi connectivity index (χ0) is 12.1. The minimum absolute atomic E-state index is 0.804. The number of hydrogen-bond acceptors (Lipinski definition) is 5. The first-order valence-electron chi connectivity index (χ1n) is 3.54. The van der Waals surface area contributed by atoms with Gasteiger partial charge in [0, 0.05) is 0 Å². The number of carbonyl (C=O) groups is 2. The third-order valence-electron chi connectivity index (χ3n) is 1.18. The molecule has 3 N–H and O–H groups in total. The second-order valence-corrected chi connectivity index (χ2v) is 3.41. The molecule has 0 fully saturated rings. The van der Waals surface area contributed by atoms with Crippen LogP contribution in [0.2, 0.25) is 0 Å². The van der Waals surface area contributed by atoms with Crippen molar-refractivity contribution in [2.45, 2.75) is 6.04 Å². The van der Waals surface area contributed by atoms with Crippen LogP contribution in [0.15, 0.2) is 12.7 Å². The lowest BCUT2D eigenvalue weighted by Crippen LogP contribution is -2.43. The van der Waals surface area contributed by atoms with Gasteiger partial charge in [0.1, 0.15) is 0 Å². The van der Waals surface area contributed by atoms with Gasteiger partial charge in [-0.3, -0.25) is 9.35 Å². The van der Waals surface area contributed by atoms with Gasteiger partial charge < -0.3 is 10.4 Å². The van der Waals surface area contributed by atoms with Gasteiger partial charge in [-0.05, 0) is 6.08 Å². The quantitative estimate of drug-likeness (QED) is 0.382. The topological polar surface area (TPSA) is 130 Å². The molecule has 0 unspecified atom stereocenters. The van der Waals surface area contributed by atoms with Crippen LogP contribution in [0, 0.1) is 0 Å². The van der Waals surface area contributed by atoms with Crippen molar-refractivity contribution in [2.75, 3.05) is 6.61 Å². The molecule has 0 heterocycles. The molecule has 86 valence electrons. The summed E-state index contributed by atoms with van der Waals surface area (Å²) in [4.78, 5) is 21.2. The van der Waals surface area contributed by atoms with Crippen molar-refractivity contribution in [3.8, 4) is 0 Å². The Labute approximate surface area is 85.5 Å². The Bertz CT molecular complexity index is 360. The van der Waals surface area contributed by atoms with Crippen LogP contribution in [-0.4, -0.2) is 42.6 Å². The molecule has 0 aromatic heterocycles. The zero-order valence-electron chi connectivity index (χ0n) is 7.41. The van der Waals surface area contributed by atoms with E-state index in [1.165, 1.54) is 0 Å². The van der Waals surface area contributed by atoms with Gasteiger partial charge in [0.25, 0.3) is 0 Å². The number of rotatable bonds is 6. The van der Waals surface area contributed by atoms with Crippen LogP contribution in [0.25, 0.3) is 0 Å². The zero-order valence-corrected chi connectivity index (χ0v) is 8.23. The summed E-state index contributed by atoms with van der Waals surface area (Å²) in [6.45, 7) is 2.16. The highest BCUT2D eigenvalue weighted by atomic mass is 32.3. The molecule has 0 saturated carbocycles. The molecule has 1 atom stereocenters. The molecule has 0 aromatic carbocycles. The second kappa shape index (κ2) is 5.44. The molecule has 0 bridgehead atoms. The highest BCUT2D eigenvalue weighted by Gasteiger charge is 2.21. The Morgan fingerprint density at radius 1 is 1.53 bits per heavy atom. The number of carbonyl (C=O) groups excluding carboxylic acids is 1. The highest BCUT2D eigenvalue weighted by molar-refractivity contribution is 7.80. The van der Waals surface area contributed by atoms with Crippen LogP contribution < -0.4 is 5.32 Å². The predicted molar refractivity (Wildman–Crippen MR) is 47.3 cm³/mol. The fraction of sp³-hybridized carbons (Fsp3) is 0.333. The fourth-order valence-corrected chi connectivity index (χ4v) is 0.867. The van der Waals surface area contributed by atoms with E-state index in [0.717, 1.165) is 6.08 Å². The molecule has 1 amide bonds. The predicted octanol–water partition coefficient (Wildman–Crippen LogP) is -1.44. The first-order chi connectivity index (χ1) is 6.76. The molecular weight excluding hydrogens is 230 g/mol. The number of hydrogen-bond donors (Lipinski definition) is 3. The van der Waals surface area contributed by atoms with Crippen molar-refractivity contribution in [2.24, 2.45) is 0 Å². The molecule has 0 aromatic rings. The Balaban J connectivity index is 4.36. The van der Waals surface area contributed by atoms with Crippen LogP contribution in [0.5, 0.6) is 0 Å². The third-order valence-corrected chi connectivity index (χ3v) is 1.62. The van der Waals surface area contributed by atoms with Crippen molar-refractivity contribution < 1.29 is 31.8 Å². The van der Waals surface area contributed by atoms with E-state index in [1.54, 1.807) is 0 Å². The number of nitrogens with one attached hydrogen (secondary N) is 1. The molecule has 0 aliphatic rings. The summed E-state index contributed by atoms with van der Waals surface area (Å²) in [5.74, 6) is -2.31. The van der Waals surface area contributed by atoms with E-state index in [1.807, 2.05) is 5.32 Å². The lowest BCUT2D eigenvalue weighted by Gasteiger charge is -2.11. The maximum Gasteiger partial charge on any atom is 0.397 e. The average Bonchev–Trinajstić information content (AvgIpc) is 2.09. The van der Waals surface area contributed by atoms with Gasteiger partial charge in [-0.25, -0.2) is 8.98 Å². The minimum Gasteiger partial charge on any atom is -0.480 e. The minimum atomic E-state index is -4.74. The van der Waals surface area contributed by atoms with Crippen LogP contribution in [0.3, 0.4) is 0 Å². The SMILES string of the molecule is C=CC(=O)N[C@H](COS(=O)(=O)O)C(=O)O. The van der Waals surface area contributed by atoms with Gasteiger partial charge in [0.2, 0.25) is 5.91 Å². The molecule has 0 saturated heterocycles. The van der Waals surface area contributed by atoms with Gasteiger partial charge in [-0.1, -0.05) is 6.58 Å². The smallest absolute Gasteiger partial charge is 0.397 e. The van der Waals surface area contributed by atoms with Crippen molar-refractivity contribution in [1.29, 1.82) is 0 Å². The Morgan fingerprint density at radius 2 is 2.07 bits per heavy atom. The van der Waals surface area contributed by atoms with Crippen LogP contribution >= 0.6 is 0 Å². The van der Waals surface area contributed by atoms with E-state index in [4.69, 9.17) is 9.66 Å². The second-order valence-electron chi connectivity index (χ2n) is 2.32. The molecule has 0 aliphatic heterocycles. The van der Waals surface area contributed by atoms with Crippen molar-refractivity contribution >= 4 is 22.3 Å². The average molecular weight is 239 g/mol. The standard InChI is InChI=1S/C6H9NO7S/c1-2-5(8)7-4(6(9)10)3-14-15(11,12)13/h2,4H,1,3H2,(H,7,8)(H,9,10)(H,11,12,13)/t4-/m1/s1. The Hall–Kier alpha value is -1.45. The van der Waals surface area contributed by atoms with Crippen molar-refractivity contribution in [3.05, 3.63) is 12.7 Å². The van der Waals surface area contributed by atoms with Gasteiger partial charge in [0.05, 0.1) is 6.61 Å². The maximum absolute atomic E-state index is 10.7. The lowest BCUT2D eigenvalue weighted by atomic mass is 10.3. The van der Waals surface area contributed by atoms with Crippen LogP contribution in [0.4, 0.5) is 0 Å². The van der Waals surface area contributed by atoms with Crippen LogP contribution in [-0.2, 0) is 24.2 Å². The highest BCUT2D eigenvalue weighted by Crippen LogP contribution is 1.92. The van der Waals surface area contributed by atoms with E-state index in [9.17, 15) is 18.0 Å². The van der Waals surface area contributed by atoms with Gasteiger partial charge >= 0.3 is 16.4 Å². The van der Waals surface area contributed by atoms with Crippen molar-refractivity contribution in [1.82, 2.24) is 5.32 Å². The monoisotopic (exact) mass is 239 g/mol. The normalized spacial score (nSPS) is 12.9. The molecule has 0 aliphatic carbocycles. The maximum atomic E-state index is 10.7. The number of carboxylic acids is 1. The van der Waals surface area contributed by atoms with E-state index in [-0.39, 0.29) is 0 Å². The molecule has 9 heteroatoms. The molecular formula is C6H9NO7S. The fourth-order valence-electron chi connectivity index (χ4n) is 0.559. The van der Waals surface area contributed by atoms with Gasteiger partial charge in [-0.2, -0.15) is 8.42 Å². The van der Waals surface area contributed by atoms with Crippen molar-refractivity contribution in [3.63, 3.8) is 0 Å². The first kappa shape index (κ1) is 13.5. The summed E-state index contributed by atoms with van der Waals surface area (Å²) in [5.41, 5.74) is 0. The molecule has 0 radical (unpaired) electrons. The van der Waals surface area contributed by atoms with Gasteiger partial charge in [-0.15, -0.1) is 0 Å². The summed E-state index contributed by atoms with van der Waals surface area (Å²) >= 11 is 0. The Kier molecular flexibility index (Phi) is 4.91. The van der Waals surface area contributed by atoms with E-state index in [0.29, 0.717) is 0 Å². The number of amides is 1. The van der Waals surface area contributed by atoms with E-state index in [2.05, 4.69) is 10.8 Å². The van der Waals surface area contributed by atoms with E-state index >= 15 is 0 Å². The summed E-state index contributed by atoms with van der Waals surface area (Å²) in [6, 6.07) is -1.59. The summed E-state index contributed by atoms with van der Waals surface area (Å²) in [5, 5.41) is 10.4. The lowest BCUT2D eigenvalue weighted by molar-refractivity contribution is -0.142. The first-order valence-corrected chi connectivity index (χ1v) is 4.90. The molecule has 0 spiro atoms. The number of aliphatic carboxylic acids is 1. The third kappa shape index (κ3) is 6.60. The largest absolute Gasteiger partial charge is 0.480 e. The Morgan fingerprint density at radius 3 is 2.40 bits per heavy atom. The summed E-state index contributed by atoms with van der Waals surface area (Å²) in [6.07, 6.45) is 0.809. The molecule has 15 heavy (non-hydrogen) atoms. The summed E-state index contributed by atoms with van der Waals surface area (Å²) in [7, 11) is -4.74. The summed E-state index contributed by atoms with van der Waals surface area (Å²) < 4.78 is 32.2. The number of carboxylic acid groups (broad SMARTS) is 1. The van der Waals surface area contributed by atoms with E-state index < -0.39 is 34.9 Å². The molecule has 8 nitrogen and oxygen atoms in total. The van der Waals surface area contributed by atoms with Gasteiger partial charge in [0.15, 0.2) is 6.04 Å². The van der Waals surface area contributed by atoms with Crippen LogP contribution in [0.1, 0.15) is 0 Å².